The number of benzene rings is 6. The van der Waals surface area contributed by atoms with Gasteiger partial charge >= 0.3 is 0 Å². The van der Waals surface area contributed by atoms with E-state index in [2.05, 4.69) is 201 Å². The molecule has 6 aromatic carbocycles. The zero-order valence-corrected chi connectivity index (χ0v) is 27.9. The molecule has 0 aliphatic rings. The van der Waals surface area contributed by atoms with Crippen molar-refractivity contribution in [2.75, 3.05) is 0 Å². The Labute approximate surface area is 267 Å². The van der Waals surface area contributed by atoms with Gasteiger partial charge in [-0.05, 0) is 77.6 Å². The summed E-state index contributed by atoms with van der Waals surface area (Å²) in [6.07, 6.45) is 0. The van der Waals surface area contributed by atoms with Gasteiger partial charge in [0.25, 0.3) is 0 Å². The fraction of sp³-hybridized carbons (Fsp3) is 0.182. The molecule has 0 aliphatic heterocycles. The number of aryl methyl sites for hydroxylation is 8. The first-order chi connectivity index (χ1) is 21.1. The van der Waals surface area contributed by atoms with Gasteiger partial charge in [0.05, 0.1) is 0 Å². The van der Waals surface area contributed by atoms with Gasteiger partial charge in [-0.3, -0.25) is 0 Å². The van der Waals surface area contributed by atoms with E-state index in [0.29, 0.717) is 0 Å². The Bertz CT molecular complexity index is 1560. The lowest BCUT2D eigenvalue weighted by Gasteiger charge is -2.03. The Morgan fingerprint density at radius 2 is 0.455 bits per heavy atom. The van der Waals surface area contributed by atoms with E-state index in [9.17, 15) is 0 Å². The van der Waals surface area contributed by atoms with Crippen molar-refractivity contribution in [2.45, 2.75) is 55.4 Å². The zero-order chi connectivity index (χ0) is 31.9. The van der Waals surface area contributed by atoms with E-state index in [-0.39, 0.29) is 0 Å². The van der Waals surface area contributed by atoms with Gasteiger partial charge in [-0.2, -0.15) is 0 Å². The van der Waals surface area contributed by atoms with Crippen LogP contribution in [0.5, 0.6) is 0 Å². The summed E-state index contributed by atoms with van der Waals surface area (Å²) in [5, 5.41) is 0. The van der Waals surface area contributed by atoms with Crippen LogP contribution in [0.1, 0.15) is 44.5 Å². The lowest BCUT2D eigenvalue weighted by Crippen LogP contribution is -1.80. The van der Waals surface area contributed by atoms with E-state index in [1.165, 1.54) is 66.8 Å². The maximum atomic E-state index is 2.22. The molecule has 44 heavy (non-hydrogen) atoms. The summed E-state index contributed by atoms with van der Waals surface area (Å²) in [6.45, 7) is 16.9. The second-order valence-electron chi connectivity index (χ2n) is 11.8. The summed E-state index contributed by atoms with van der Waals surface area (Å²) in [4.78, 5) is 0. The van der Waals surface area contributed by atoms with Crippen molar-refractivity contribution in [3.63, 3.8) is 0 Å². The summed E-state index contributed by atoms with van der Waals surface area (Å²) in [5.41, 5.74) is 15.7. The van der Waals surface area contributed by atoms with Crippen LogP contribution in [0, 0.1) is 55.4 Å². The van der Waals surface area contributed by atoms with E-state index < -0.39 is 0 Å². The Kier molecular flexibility index (Phi) is 13.4. The molecule has 0 heteroatoms. The Morgan fingerprint density at radius 1 is 0.205 bits per heavy atom. The average Bonchev–Trinajstić information content (AvgIpc) is 3.00. The van der Waals surface area contributed by atoms with E-state index >= 15 is 0 Å². The highest BCUT2D eigenvalue weighted by Crippen LogP contribution is 2.21. The van der Waals surface area contributed by atoms with Gasteiger partial charge in [0.2, 0.25) is 0 Å². The SMILES string of the molecule is Cc1ccc(-c2ccc(C)cc2)cc1.Cc1ccc(C)cc1.Cc1cccc(-c2cccc(C)c2)c1.Cc1cccc(C)c1. The van der Waals surface area contributed by atoms with Crippen LogP contribution in [0.4, 0.5) is 0 Å². The third kappa shape index (κ3) is 12.3. The molecule has 0 aromatic heterocycles. The van der Waals surface area contributed by atoms with Crippen LogP contribution in [0.3, 0.4) is 0 Å². The molecule has 6 aromatic rings. The molecule has 0 bridgehead atoms. The molecule has 224 valence electrons. The number of hydrogen-bond acceptors (Lipinski definition) is 0. The monoisotopic (exact) mass is 576 g/mol. The zero-order valence-electron chi connectivity index (χ0n) is 27.9. The third-order valence-electron chi connectivity index (χ3n) is 7.20. The minimum atomic E-state index is 1.29. The maximum absolute atomic E-state index is 2.22. The summed E-state index contributed by atoms with van der Waals surface area (Å²) in [6, 6.07) is 51.4. The molecular weight excluding hydrogens is 528 g/mol. The molecular formula is C44H48. The van der Waals surface area contributed by atoms with Gasteiger partial charge in [-0.15, -0.1) is 0 Å². The van der Waals surface area contributed by atoms with Gasteiger partial charge in [0.15, 0.2) is 0 Å². The van der Waals surface area contributed by atoms with Crippen molar-refractivity contribution in [1.82, 2.24) is 0 Å². The Hall–Kier alpha value is -4.68. The molecule has 0 N–H and O–H groups in total. The van der Waals surface area contributed by atoms with Crippen LogP contribution in [0.2, 0.25) is 0 Å². The van der Waals surface area contributed by atoms with Crippen molar-refractivity contribution < 1.29 is 0 Å². The van der Waals surface area contributed by atoms with E-state index in [4.69, 9.17) is 0 Å². The van der Waals surface area contributed by atoms with Crippen LogP contribution in [0.15, 0.2) is 146 Å². The lowest BCUT2D eigenvalue weighted by molar-refractivity contribution is 1.39. The summed E-state index contributed by atoms with van der Waals surface area (Å²) in [5.74, 6) is 0. The van der Waals surface area contributed by atoms with E-state index in [1.54, 1.807) is 0 Å². The van der Waals surface area contributed by atoms with Crippen LogP contribution < -0.4 is 0 Å². The summed E-state index contributed by atoms with van der Waals surface area (Å²) in [7, 11) is 0. The molecule has 0 saturated heterocycles. The molecule has 0 saturated carbocycles. The first-order valence-electron chi connectivity index (χ1n) is 15.4. The molecule has 0 unspecified atom stereocenters. The van der Waals surface area contributed by atoms with Crippen molar-refractivity contribution in [2.24, 2.45) is 0 Å². The average molecular weight is 577 g/mol. The van der Waals surface area contributed by atoms with Gasteiger partial charge < -0.3 is 0 Å². The van der Waals surface area contributed by atoms with Gasteiger partial charge in [-0.25, -0.2) is 0 Å². The summed E-state index contributed by atoms with van der Waals surface area (Å²) < 4.78 is 0. The van der Waals surface area contributed by atoms with Crippen LogP contribution in [0.25, 0.3) is 22.3 Å². The molecule has 0 atom stereocenters. The van der Waals surface area contributed by atoms with Gasteiger partial charge in [0, 0.05) is 0 Å². The standard InChI is InChI=1S/2C14H14.2C8H10/c1-11-3-7-13(8-4-11)14-9-5-12(2)6-10-14;1-11-5-3-7-13(9-11)14-8-4-6-12(2)10-14;1-7-3-5-8(2)6-4-7;1-7-4-3-5-8(2)6-7/h2*3-10H,1-2H3;2*3-6H,1-2H3. The third-order valence-corrected chi connectivity index (χ3v) is 7.20. The molecule has 0 heterocycles. The normalized spacial score (nSPS) is 9.82. The molecule has 0 spiro atoms. The maximum Gasteiger partial charge on any atom is -0.0181 e. The molecule has 6 rings (SSSR count). The first kappa shape index (κ1) is 33.8. The van der Waals surface area contributed by atoms with Gasteiger partial charge in [-0.1, -0.05) is 190 Å². The number of hydrogen-bond donors (Lipinski definition) is 0. The van der Waals surface area contributed by atoms with Crippen LogP contribution >= 0.6 is 0 Å². The fourth-order valence-corrected chi connectivity index (χ4v) is 4.59. The number of rotatable bonds is 2. The predicted molar refractivity (Wildman–Crippen MR) is 195 cm³/mol. The lowest BCUT2D eigenvalue weighted by atomic mass is 10.0. The van der Waals surface area contributed by atoms with E-state index in [1.807, 2.05) is 0 Å². The van der Waals surface area contributed by atoms with Crippen molar-refractivity contribution in [1.29, 1.82) is 0 Å². The van der Waals surface area contributed by atoms with Crippen LogP contribution in [-0.4, -0.2) is 0 Å². The predicted octanol–water partition coefficient (Wildman–Crippen LogP) is 12.5. The first-order valence-corrected chi connectivity index (χ1v) is 15.4. The molecule has 0 radical (unpaired) electrons. The minimum absolute atomic E-state index is 1.29. The molecule has 0 nitrogen and oxygen atoms in total. The van der Waals surface area contributed by atoms with Gasteiger partial charge in [0.1, 0.15) is 0 Å². The molecule has 0 amide bonds. The highest BCUT2D eigenvalue weighted by atomic mass is 14.0. The minimum Gasteiger partial charge on any atom is -0.0617 e. The Balaban J connectivity index is 0.000000166. The van der Waals surface area contributed by atoms with Crippen LogP contribution in [-0.2, 0) is 0 Å². The molecule has 0 fully saturated rings. The highest BCUT2D eigenvalue weighted by Gasteiger charge is 1.97. The quantitative estimate of drug-likeness (QED) is 0.192. The molecule has 0 aliphatic carbocycles. The van der Waals surface area contributed by atoms with Crippen molar-refractivity contribution in [3.05, 3.63) is 190 Å². The Morgan fingerprint density at radius 3 is 0.705 bits per heavy atom. The second kappa shape index (κ2) is 17.4. The summed E-state index contributed by atoms with van der Waals surface area (Å²) >= 11 is 0. The highest BCUT2D eigenvalue weighted by molar-refractivity contribution is 5.65. The largest absolute Gasteiger partial charge is 0.0617 e. The smallest absolute Gasteiger partial charge is 0.0181 e. The van der Waals surface area contributed by atoms with Crippen molar-refractivity contribution in [3.8, 4) is 22.3 Å². The topological polar surface area (TPSA) is 0 Å². The second-order valence-corrected chi connectivity index (χ2v) is 11.8. The van der Waals surface area contributed by atoms with E-state index in [0.717, 1.165) is 0 Å². The van der Waals surface area contributed by atoms with Crippen molar-refractivity contribution >= 4 is 0 Å². The fourth-order valence-electron chi connectivity index (χ4n) is 4.59.